The molecule has 0 fully saturated rings. The molecule has 1 aromatic rings. The van der Waals surface area contributed by atoms with Gasteiger partial charge in [-0.25, -0.2) is 0 Å². The zero-order valence-electron chi connectivity index (χ0n) is 11.6. The summed E-state index contributed by atoms with van der Waals surface area (Å²) in [7, 11) is 0. The molecule has 0 saturated carbocycles. The van der Waals surface area contributed by atoms with Crippen LogP contribution in [0.2, 0.25) is 0 Å². The zero-order valence-corrected chi connectivity index (χ0v) is 11.6. The van der Waals surface area contributed by atoms with Crippen LogP contribution in [0.5, 0.6) is 5.75 Å². The molecular formula is C14H24N2O. The van der Waals surface area contributed by atoms with Gasteiger partial charge < -0.3 is 10.1 Å². The Kier molecular flexibility index (Phi) is 4.94. The Balaban J connectivity index is 2.64. The van der Waals surface area contributed by atoms with Crippen molar-refractivity contribution in [3.8, 4) is 5.75 Å². The third kappa shape index (κ3) is 5.68. The summed E-state index contributed by atoms with van der Waals surface area (Å²) in [4.78, 5) is 4.15. The van der Waals surface area contributed by atoms with E-state index < -0.39 is 0 Å². The van der Waals surface area contributed by atoms with Gasteiger partial charge in [0.1, 0.15) is 11.4 Å². The van der Waals surface area contributed by atoms with Crippen molar-refractivity contribution in [2.24, 2.45) is 5.92 Å². The molecule has 0 spiro atoms. The van der Waals surface area contributed by atoms with Crippen molar-refractivity contribution in [3.63, 3.8) is 0 Å². The molecule has 3 nitrogen and oxygen atoms in total. The van der Waals surface area contributed by atoms with Crippen LogP contribution in [0.1, 0.15) is 40.2 Å². The molecule has 0 aliphatic heterocycles. The molecule has 0 amide bonds. The molecule has 1 heterocycles. The molecule has 0 aliphatic carbocycles. The van der Waals surface area contributed by atoms with Gasteiger partial charge in [0, 0.05) is 24.5 Å². The van der Waals surface area contributed by atoms with Gasteiger partial charge in [-0.3, -0.25) is 4.98 Å². The molecular weight excluding hydrogens is 212 g/mol. The first-order valence-electron chi connectivity index (χ1n) is 6.21. The fourth-order valence-corrected chi connectivity index (χ4v) is 1.47. The number of nitrogens with zero attached hydrogens (tertiary/aromatic N) is 1. The molecule has 0 radical (unpaired) electrons. The summed E-state index contributed by atoms with van der Waals surface area (Å²) in [6.07, 6.45) is 3.64. The van der Waals surface area contributed by atoms with E-state index in [1.807, 2.05) is 12.3 Å². The van der Waals surface area contributed by atoms with Crippen molar-refractivity contribution >= 4 is 0 Å². The molecule has 17 heavy (non-hydrogen) atoms. The smallest absolute Gasteiger partial charge is 0.127 e. The normalized spacial score (nSPS) is 11.9. The lowest BCUT2D eigenvalue weighted by Gasteiger charge is -2.23. The minimum absolute atomic E-state index is 0.172. The number of aromatic nitrogens is 1. The number of ether oxygens (including phenoxy) is 1. The zero-order chi connectivity index (χ0) is 12.9. The Labute approximate surface area is 105 Å². The van der Waals surface area contributed by atoms with Crippen molar-refractivity contribution in [3.05, 3.63) is 24.0 Å². The van der Waals surface area contributed by atoms with Crippen molar-refractivity contribution in [2.45, 2.75) is 46.8 Å². The molecule has 96 valence electrons. The highest BCUT2D eigenvalue weighted by Crippen LogP contribution is 2.21. The molecule has 0 aliphatic rings. The summed E-state index contributed by atoms with van der Waals surface area (Å²) in [5, 5.41) is 3.41. The Bertz CT molecular complexity index is 342. The van der Waals surface area contributed by atoms with Crippen molar-refractivity contribution in [1.29, 1.82) is 0 Å². The van der Waals surface area contributed by atoms with Gasteiger partial charge in [0.05, 0.1) is 0 Å². The Morgan fingerprint density at radius 2 is 2.06 bits per heavy atom. The molecule has 1 N–H and O–H groups in total. The van der Waals surface area contributed by atoms with Gasteiger partial charge in [0.15, 0.2) is 0 Å². The van der Waals surface area contributed by atoms with E-state index >= 15 is 0 Å². The lowest BCUT2D eigenvalue weighted by molar-refractivity contribution is 0.129. The minimum atomic E-state index is -0.172. The molecule has 1 aromatic heterocycles. The number of hydrogen-bond acceptors (Lipinski definition) is 3. The lowest BCUT2D eigenvalue weighted by atomic mass is 10.1. The Hall–Kier alpha value is -1.09. The standard InChI is InChI=1S/C14H24N2O/c1-11(2)8-16-10-12-9-15-7-6-13(12)17-14(3,4)5/h6-7,9,11,16H,8,10H2,1-5H3. The third-order valence-electron chi connectivity index (χ3n) is 2.14. The molecule has 0 bridgehead atoms. The highest BCUT2D eigenvalue weighted by atomic mass is 16.5. The summed E-state index contributed by atoms with van der Waals surface area (Å²) in [5.41, 5.74) is 0.941. The average Bonchev–Trinajstić information content (AvgIpc) is 2.17. The van der Waals surface area contributed by atoms with Gasteiger partial charge in [0.2, 0.25) is 0 Å². The fourth-order valence-electron chi connectivity index (χ4n) is 1.47. The molecule has 0 atom stereocenters. The quantitative estimate of drug-likeness (QED) is 0.853. The molecule has 0 aromatic carbocycles. The largest absolute Gasteiger partial charge is 0.488 e. The second-order valence-electron chi connectivity index (χ2n) is 5.72. The fraction of sp³-hybridized carbons (Fsp3) is 0.643. The maximum Gasteiger partial charge on any atom is 0.127 e. The highest BCUT2D eigenvalue weighted by molar-refractivity contribution is 5.30. The van der Waals surface area contributed by atoms with Gasteiger partial charge in [0.25, 0.3) is 0 Å². The van der Waals surface area contributed by atoms with Gasteiger partial charge in [-0.05, 0) is 39.3 Å². The summed E-state index contributed by atoms with van der Waals surface area (Å²) in [6, 6.07) is 1.93. The highest BCUT2D eigenvalue weighted by Gasteiger charge is 2.14. The van der Waals surface area contributed by atoms with Crippen LogP contribution in [0.3, 0.4) is 0 Å². The third-order valence-corrected chi connectivity index (χ3v) is 2.14. The number of hydrogen-bond donors (Lipinski definition) is 1. The van der Waals surface area contributed by atoms with Crippen molar-refractivity contribution < 1.29 is 4.74 Å². The number of nitrogens with one attached hydrogen (secondary N) is 1. The van der Waals surface area contributed by atoms with Gasteiger partial charge >= 0.3 is 0 Å². The van der Waals surface area contributed by atoms with E-state index in [2.05, 4.69) is 44.9 Å². The summed E-state index contributed by atoms with van der Waals surface area (Å²) in [5.74, 6) is 1.57. The van der Waals surface area contributed by atoms with Crippen molar-refractivity contribution in [2.75, 3.05) is 6.54 Å². The van der Waals surface area contributed by atoms with Gasteiger partial charge in [-0.1, -0.05) is 13.8 Å². The van der Waals surface area contributed by atoms with E-state index in [0.29, 0.717) is 5.92 Å². The first kappa shape index (κ1) is 14.0. The van der Waals surface area contributed by atoms with Crippen LogP contribution >= 0.6 is 0 Å². The van der Waals surface area contributed by atoms with Crippen LogP contribution in [0.25, 0.3) is 0 Å². The second kappa shape index (κ2) is 6.01. The summed E-state index contributed by atoms with van der Waals surface area (Å²) in [6.45, 7) is 12.4. The molecule has 1 rings (SSSR count). The Morgan fingerprint density at radius 3 is 2.65 bits per heavy atom. The predicted octanol–water partition coefficient (Wildman–Crippen LogP) is 3.00. The maximum absolute atomic E-state index is 5.91. The van der Waals surface area contributed by atoms with Crippen LogP contribution < -0.4 is 10.1 Å². The topological polar surface area (TPSA) is 34.2 Å². The van der Waals surface area contributed by atoms with E-state index in [9.17, 15) is 0 Å². The average molecular weight is 236 g/mol. The van der Waals surface area contributed by atoms with E-state index in [-0.39, 0.29) is 5.60 Å². The minimum Gasteiger partial charge on any atom is -0.488 e. The van der Waals surface area contributed by atoms with E-state index in [4.69, 9.17) is 4.74 Å². The van der Waals surface area contributed by atoms with Gasteiger partial charge in [-0.15, -0.1) is 0 Å². The lowest BCUT2D eigenvalue weighted by Crippen LogP contribution is -2.25. The van der Waals surface area contributed by atoms with Gasteiger partial charge in [-0.2, -0.15) is 0 Å². The number of pyridine rings is 1. The van der Waals surface area contributed by atoms with Crippen LogP contribution in [0.15, 0.2) is 18.5 Å². The van der Waals surface area contributed by atoms with Crippen LogP contribution in [0, 0.1) is 5.92 Å². The second-order valence-corrected chi connectivity index (χ2v) is 5.72. The van der Waals surface area contributed by atoms with E-state index in [1.165, 1.54) is 0 Å². The Morgan fingerprint density at radius 1 is 1.35 bits per heavy atom. The SMILES string of the molecule is CC(C)CNCc1cnccc1OC(C)(C)C. The van der Waals surface area contributed by atoms with Crippen LogP contribution in [0.4, 0.5) is 0 Å². The monoisotopic (exact) mass is 236 g/mol. The first-order valence-corrected chi connectivity index (χ1v) is 6.21. The molecule has 0 saturated heterocycles. The first-order chi connectivity index (χ1) is 7.88. The van der Waals surface area contributed by atoms with Crippen molar-refractivity contribution in [1.82, 2.24) is 10.3 Å². The number of rotatable bonds is 5. The van der Waals surface area contributed by atoms with Crippen LogP contribution in [-0.2, 0) is 6.54 Å². The maximum atomic E-state index is 5.91. The molecule has 0 unspecified atom stereocenters. The van der Waals surface area contributed by atoms with E-state index in [1.54, 1.807) is 6.20 Å². The van der Waals surface area contributed by atoms with Crippen LogP contribution in [-0.4, -0.2) is 17.1 Å². The predicted molar refractivity (Wildman–Crippen MR) is 71.2 cm³/mol. The summed E-state index contributed by atoms with van der Waals surface area (Å²) < 4.78 is 5.91. The summed E-state index contributed by atoms with van der Waals surface area (Å²) >= 11 is 0. The molecule has 3 heteroatoms. The van der Waals surface area contributed by atoms with E-state index in [0.717, 1.165) is 24.4 Å².